The van der Waals surface area contributed by atoms with Crippen molar-refractivity contribution in [3.63, 3.8) is 0 Å². The third-order valence-electron chi connectivity index (χ3n) is 6.40. The Kier molecular flexibility index (Phi) is 6.94. The first-order valence-corrected chi connectivity index (χ1v) is 12.1. The smallest absolute Gasteiger partial charge is 0.303 e. The lowest BCUT2D eigenvalue weighted by atomic mass is 10.1. The number of carboxylic acid groups (broad SMARTS) is 1. The van der Waals surface area contributed by atoms with Gasteiger partial charge in [-0.2, -0.15) is 0 Å². The minimum Gasteiger partial charge on any atom is -0.497 e. The number of benzene rings is 4. The zero-order valence-corrected chi connectivity index (χ0v) is 20.8. The lowest BCUT2D eigenvalue weighted by molar-refractivity contribution is -0.136. The van der Waals surface area contributed by atoms with E-state index in [2.05, 4.69) is 29.2 Å². The van der Waals surface area contributed by atoms with Gasteiger partial charge in [0.05, 0.1) is 18.1 Å². The molecule has 0 saturated heterocycles. The van der Waals surface area contributed by atoms with E-state index in [1.165, 1.54) is 5.39 Å². The average molecular weight is 497 g/mol. The Morgan fingerprint density at radius 3 is 2.51 bits per heavy atom. The number of hydrogen-bond donors (Lipinski definition) is 1. The Morgan fingerprint density at radius 1 is 0.892 bits per heavy atom. The van der Waals surface area contributed by atoms with E-state index in [9.17, 15) is 9.90 Å². The highest BCUT2D eigenvalue weighted by Gasteiger charge is 2.12. The average Bonchev–Trinajstić information content (AvgIpc) is 3.24. The van der Waals surface area contributed by atoms with Crippen LogP contribution in [0.3, 0.4) is 0 Å². The number of fused-ring (bicyclic) bond motifs is 2. The number of methoxy groups -OCH3 is 1. The second-order valence-corrected chi connectivity index (χ2v) is 8.86. The molecule has 1 N–H and O–H groups in total. The fraction of sp³-hybridized carbons (Fsp3) is 0.200. The van der Waals surface area contributed by atoms with Crippen molar-refractivity contribution in [2.75, 3.05) is 7.11 Å². The van der Waals surface area contributed by atoms with E-state index in [4.69, 9.17) is 14.2 Å². The predicted octanol–water partition coefficient (Wildman–Crippen LogP) is 5.91. The number of hydrogen-bond acceptors (Lipinski definition) is 5. The summed E-state index contributed by atoms with van der Waals surface area (Å²) >= 11 is 0. The number of aryl methyl sites for hydroxylation is 2. The summed E-state index contributed by atoms with van der Waals surface area (Å²) in [7, 11) is 3.59. The summed E-state index contributed by atoms with van der Waals surface area (Å²) < 4.78 is 19.6. The molecule has 7 nitrogen and oxygen atoms in total. The highest BCUT2D eigenvalue weighted by molar-refractivity contribution is 5.83. The van der Waals surface area contributed by atoms with Crippen molar-refractivity contribution in [3.05, 3.63) is 95.8 Å². The number of rotatable bonds is 10. The summed E-state index contributed by atoms with van der Waals surface area (Å²) in [4.78, 5) is 15.9. The molecule has 0 atom stereocenters. The van der Waals surface area contributed by atoms with Gasteiger partial charge < -0.3 is 23.9 Å². The van der Waals surface area contributed by atoms with Crippen LogP contribution in [0.4, 0.5) is 0 Å². The molecule has 1 heterocycles. The number of carbonyl (C=O) groups is 1. The number of carboxylic acids is 1. The molecular formula is C30H28N2O5. The summed E-state index contributed by atoms with van der Waals surface area (Å²) in [6, 6.07) is 25.7. The fourth-order valence-corrected chi connectivity index (χ4v) is 4.32. The molecule has 0 unspecified atom stereocenters. The normalized spacial score (nSPS) is 11.1. The standard InChI is InChI=1S/C30H28N2O5/c1-32-27-16-24(35-2)12-13-26(27)31-29(32)19-36-25-11-9-22(10-14-30(33)34)28(17-25)37-18-20-7-8-21-5-3-4-6-23(21)15-20/h3-9,11-13,15-17H,10,14,18-19H2,1-2H3,(H,33,34). The molecule has 1 aromatic heterocycles. The first-order valence-electron chi connectivity index (χ1n) is 12.1. The summed E-state index contributed by atoms with van der Waals surface area (Å²) in [5, 5.41) is 11.5. The van der Waals surface area contributed by atoms with Crippen molar-refractivity contribution in [1.82, 2.24) is 9.55 Å². The Balaban J connectivity index is 1.34. The minimum absolute atomic E-state index is 0.0237. The second kappa shape index (κ2) is 10.6. The van der Waals surface area contributed by atoms with Gasteiger partial charge in [-0.05, 0) is 52.6 Å². The molecular weight excluding hydrogens is 468 g/mol. The van der Waals surface area contributed by atoms with Crippen LogP contribution in [-0.2, 0) is 31.5 Å². The third-order valence-corrected chi connectivity index (χ3v) is 6.40. The Hall–Kier alpha value is -4.52. The largest absolute Gasteiger partial charge is 0.497 e. The van der Waals surface area contributed by atoms with Gasteiger partial charge in [0.2, 0.25) is 0 Å². The molecule has 0 aliphatic carbocycles. The third kappa shape index (κ3) is 5.51. The highest BCUT2D eigenvalue weighted by atomic mass is 16.5. The van der Waals surface area contributed by atoms with Gasteiger partial charge >= 0.3 is 5.97 Å². The van der Waals surface area contributed by atoms with Gasteiger partial charge in [0, 0.05) is 25.6 Å². The number of aromatic nitrogens is 2. The van der Waals surface area contributed by atoms with E-state index in [-0.39, 0.29) is 13.0 Å². The van der Waals surface area contributed by atoms with Gasteiger partial charge in [-0.1, -0.05) is 42.5 Å². The molecule has 5 rings (SSSR count). The zero-order chi connectivity index (χ0) is 25.8. The van der Waals surface area contributed by atoms with Crippen molar-refractivity contribution in [2.24, 2.45) is 7.05 Å². The number of aliphatic carboxylic acids is 1. The molecule has 5 aromatic rings. The van der Waals surface area contributed by atoms with Crippen LogP contribution in [-0.4, -0.2) is 27.7 Å². The first kappa shape index (κ1) is 24.2. The van der Waals surface area contributed by atoms with E-state index >= 15 is 0 Å². The molecule has 0 aliphatic heterocycles. The minimum atomic E-state index is -0.848. The molecule has 0 spiro atoms. The predicted molar refractivity (Wildman–Crippen MR) is 142 cm³/mol. The molecule has 37 heavy (non-hydrogen) atoms. The lowest BCUT2D eigenvalue weighted by Gasteiger charge is -2.14. The summed E-state index contributed by atoms with van der Waals surface area (Å²) in [6.07, 6.45) is 0.394. The maximum Gasteiger partial charge on any atom is 0.303 e. The first-order chi connectivity index (χ1) is 18.0. The maximum absolute atomic E-state index is 11.2. The van der Waals surface area contributed by atoms with E-state index < -0.39 is 5.97 Å². The zero-order valence-electron chi connectivity index (χ0n) is 20.8. The highest BCUT2D eigenvalue weighted by Crippen LogP contribution is 2.29. The molecule has 0 bridgehead atoms. The van der Waals surface area contributed by atoms with Gasteiger partial charge in [0.25, 0.3) is 0 Å². The van der Waals surface area contributed by atoms with Crippen molar-refractivity contribution in [3.8, 4) is 17.2 Å². The van der Waals surface area contributed by atoms with Crippen LogP contribution >= 0.6 is 0 Å². The fourth-order valence-electron chi connectivity index (χ4n) is 4.32. The molecule has 0 amide bonds. The van der Waals surface area contributed by atoms with Crippen LogP contribution in [0.25, 0.3) is 21.8 Å². The Bertz CT molecular complexity index is 1570. The summed E-state index contributed by atoms with van der Waals surface area (Å²) in [6.45, 7) is 0.632. The Morgan fingerprint density at radius 2 is 1.70 bits per heavy atom. The topological polar surface area (TPSA) is 82.8 Å². The van der Waals surface area contributed by atoms with Crippen LogP contribution in [0.1, 0.15) is 23.4 Å². The van der Waals surface area contributed by atoms with E-state index in [1.807, 2.05) is 66.2 Å². The maximum atomic E-state index is 11.2. The number of imidazole rings is 1. The van der Waals surface area contributed by atoms with Crippen LogP contribution < -0.4 is 14.2 Å². The second-order valence-electron chi connectivity index (χ2n) is 8.86. The van der Waals surface area contributed by atoms with Gasteiger partial charge in [0.1, 0.15) is 36.3 Å². The number of ether oxygens (including phenoxy) is 3. The lowest BCUT2D eigenvalue weighted by Crippen LogP contribution is -2.05. The summed E-state index contributed by atoms with van der Waals surface area (Å²) in [5.74, 6) is 1.93. The van der Waals surface area contributed by atoms with Crippen LogP contribution in [0, 0.1) is 0 Å². The molecule has 188 valence electrons. The van der Waals surface area contributed by atoms with Gasteiger partial charge in [-0.3, -0.25) is 4.79 Å². The quantitative estimate of drug-likeness (QED) is 0.259. The molecule has 0 saturated carbocycles. The van der Waals surface area contributed by atoms with Crippen LogP contribution in [0.5, 0.6) is 17.2 Å². The van der Waals surface area contributed by atoms with Crippen molar-refractivity contribution in [2.45, 2.75) is 26.1 Å². The Labute approximate surface area is 214 Å². The van der Waals surface area contributed by atoms with Gasteiger partial charge in [-0.15, -0.1) is 0 Å². The molecule has 0 fully saturated rings. The molecule has 7 heteroatoms. The molecule has 4 aromatic carbocycles. The van der Waals surface area contributed by atoms with Gasteiger partial charge in [-0.25, -0.2) is 4.98 Å². The van der Waals surface area contributed by atoms with E-state index in [1.54, 1.807) is 7.11 Å². The van der Waals surface area contributed by atoms with Crippen LogP contribution in [0.15, 0.2) is 78.9 Å². The van der Waals surface area contributed by atoms with E-state index in [0.717, 1.165) is 39.1 Å². The van der Waals surface area contributed by atoms with Crippen LogP contribution in [0.2, 0.25) is 0 Å². The molecule has 0 aliphatic rings. The van der Waals surface area contributed by atoms with Crippen molar-refractivity contribution >= 4 is 27.8 Å². The monoisotopic (exact) mass is 496 g/mol. The summed E-state index contributed by atoms with van der Waals surface area (Å²) in [5.41, 5.74) is 3.68. The van der Waals surface area contributed by atoms with Crippen molar-refractivity contribution < 1.29 is 24.1 Å². The SMILES string of the molecule is COc1ccc2nc(COc3ccc(CCC(=O)O)c(OCc4ccc5ccccc5c4)c3)n(C)c2c1. The van der Waals surface area contributed by atoms with Gasteiger partial charge in [0.15, 0.2) is 0 Å². The number of nitrogens with zero attached hydrogens (tertiary/aromatic N) is 2. The van der Waals surface area contributed by atoms with Crippen molar-refractivity contribution in [1.29, 1.82) is 0 Å². The van der Waals surface area contributed by atoms with E-state index in [0.29, 0.717) is 24.5 Å². The molecule has 0 radical (unpaired) electrons.